The van der Waals surface area contributed by atoms with Gasteiger partial charge < -0.3 is 0 Å². The standard InChI is InChI=1S/C15H24N2/c16-17-15(14-9-5-2-6-10-14)12-11-13-7-3-1-4-8-13/h1,3-4,7-8,14-15,17H,2,5-6,9-12,16H2. The van der Waals surface area contributed by atoms with Gasteiger partial charge in [-0.3, -0.25) is 11.3 Å². The summed E-state index contributed by atoms with van der Waals surface area (Å²) in [6.07, 6.45) is 9.17. The summed E-state index contributed by atoms with van der Waals surface area (Å²) in [5, 5.41) is 0. The molecule has 2 nitrogen and oxygen atoms in total. The van der Waals surface area contributed by atoms with Crippen LogP contribution in [0.15, 0.2) is 30.3 Å². The average Bonchev–Trinajstić information content (AvgIpc) is 2.42. The highest BCUT2D eigenvalue weighted by atomic mass is 15.2. The van der Waals surface area contributed by atoms with E-state index in [1.807, 2.05) is 0 Å². The van der Waals surface area contributed by atoms with Gasteiger partial charge in [0.05, 0.1) is 0 Å². The summed E-state index contributed by atoms with van der Waals surface area (Å²) in [7, 11) is 0. The zero-order valence-electron chi connectivity index (χ0n) is 10.6. The van der Waals surface area contributed by atoms with Gasteiger partial charge in [0.2, 0.25) is 0 Å². The Balaban J connectivity index is 1.82. The van der Waals surface area contributed by atoms with E-state index in [4.69, 9.17) is 5.84 Å². The zero-order chi connectivity index (χ0) is 11.9. The van der Waals surface area contributed by atoms with E-state index in [1.54, 1.807) is 0 Å². The van der Waals surface area contributed by atoms with Crippen LogP contribution in [0.4, 0.5) is 0 Å². The number of benzene rings is 1. The van der Waals surface area contributed by atoms with Crippen LogP contribution in [0.1, 0.15) is 44.1 Å². The molecule has 1 aromatic carbocycles. The number of rotatable bonds is 5. The van der Waals surface area contributed by atoms with Crippen LogP contribution < -0.4 is 11.3 Å². The smallest absolute Gasteiger partial charge is 0.0241 e. The van der Waals surface area contributed by atoms with Crippen molar-refractivity contribution in [3.63, 3.8) is 0 Å². The first-order chi connectivity index (χ1) is 8.40. The van der Waals surface area contributed by atoms with Gasteiger partial charge in [0, 0.05) is 6.04 Å². The van der Waals surface area contributed by atoms with Crippen molar-refractivity contribution in [3.05, 3.63) is 35.9 Å². The van der Waals surface area contributed by atoms with E-state index in [0.29, 0.717) is 6.04 Å². The van der Waals surface area contributed by atoms with Gasteiger partial charge in [-0.1, -0.05) is 49.6 Å². The minimum atomic E-state index is 0.496. The topological polar surface area (TPSA) is 38.0 Å². The number of hydrogen-bond donors (Lipinski definition) is 2. The van der Waals surface area contributed by atoms with Gasteiger partial charge in [0.15, 0.2) is 0 Å². The van der Waals surface area contributed by atoms with Gasteiger partial charge in [-0.15, -0.1) is 0 Å². The third-order valence-corrected chi connectivity index (χ3v) is 4.02. The molecule has 0 aromatic heterocycles. The molecule has 0 saturated heterocycles. The molecule has 0 bridgehead atoms. The fraction of sp³-hybridized carbons (Fsp3) is 0.600. The second kappa shape index (κ2) is 6.77. The van der Waals surface area contributed by atoms with Crippen LogP contribution in [0.5, 0.6) is 0 Å². The van der Waals surface area contributed by atoms with Crippen LogP contribution in [0.2, 0.25) is 0 Å². The third kappa shape index (κ3) is 3.83. The van der Waals surface area contributed by atoms with E-state index in [9.17, 15) is 0 Å². The summed E-state index contributed by atoms with van der Waals surface area (Å²) in [5.74, 6) is 6.51. The van der Waals surface area contributed by atoms with Crippen molar-refractivity contribution < 1.29 is 0 Å². The summed E-state index contributed by atoms with van der Waals surface area (Å²) in [4.78, 5) is 0. The van der Waals surface area contributed by atoms with Crippen molar-refractivity contribution in [3.8, 4) is 0 Å². The van der Waals surface area contributed by atoms with Gasteiger partial charge in [0.25, 0.3) is 0 Å². The molecule has 0 radical (unpaired) electrons. The quantitative estimate of drug-likeness (QED) is 0.605. The van der Waals surface area contributed by atoms with Gasteiger partial charge in [-0.25, -0.2) is 0 Å². The minimum absolute atomic E-state index is 0.496. The molecule has 2 heteroatoms. The lowest BCUT2D eigenvalue weighted by molar-refractivity contribution is 0.260. The fourth-order valence-corrected chi connectivity index (χ4v) is 2.96. The second-order valence-electron chi connectivity index (χ2n) is 5.20. The minimum Gasteiger partial charge on any atom is -0.271 e. The number of nitrogens with two attached hydrogens (primary N) is 1. The SMILES string of the molecule is NNC(CCc1ccccc1)C1CCCCC1. The first-order valence-corrected chi connectivity index (χ1v) is 6.90. The van der Waals surface area contributed by atoms with Crippen LogP contribution in [-0.2, 0) is 6.42 Å². The first-order valence-electron chi connectivity index (χ1n) is 6.90. The van der Waals surface area contributed by atoms with Crippen LogP contribution in [0.25, 0.3) is 0 Å². The van der Waals surface area contributed by atoms with Gasteiger partial charge in [0.1, 0.15) is 0 Å². The lowest BCUT2D eigenvalue weighted by Gasteiger charge is -2.29. The van der Waals surface area contributed by atoms with Crippen LogP contribution in [0.3, 0.4) is 0 Å². The number of aryl methyl sites for hydroxylation is 1. The number of hydrazine groups is 1. The molecule has 3 N–H and O–H groups in total. The largest absolute Gasteiger partial charge is 0.271 e. The molecule has 0 heterocycles. The highest BCUT2D eigenvalue weighted by Crippen LogP contribution is 2.28. The Hall–Kier alpha value is -0.860. The maximum atomic E-state index is 5.72. The molecule has 0 spiro atoms. The lowest BCUT2D eigenvalue weighted by atomic mass is 9.82. The van der Waals surface area contributed by atoms with E-state index in [2.05, 4.69) is 35.8 Å². The molecule has 1 aromatic rings. The Morgan fingerprint density at radius 2 is 1.82 bits per heavy atom. The maximum absolute atomic E-state index is 5.72. The normalized spacial score (nSPS) is 19.1. The summed E-state index contributed by atoms with van der Waals surface area (Å²) in [5.41, 5.74) is 4.46. The summed E-state index contributed by atoms with van der Waals surface area (Å²) >= 11 is 0. The molecule has 1 atom stereocenters. The molecule has 94 valence electrons. The highest BCUT2D eigenvalue weighted by molar-refractivity contribution is 5.14. The van der Waals surface area contributed by atoms with Crippen LogP contribution in [-0.4, -0.2) is 6.04 Å². The summed E-state index contributed by atoms with van der Waals surface area (Å²) in [6.45, 7) is 0. The van der Waals surface area contributed by atoms with E-state index in [-0.39, 0.29) is 0 Å². The number of nitrogens with one attached hydrogen (secondary N) is 1. The highest BCUT2D eigenvalue weighted by Gasteiger charge is 2.22. The Labute approximate surface area is 105 Å². The average molecular weight is 232 g/mol. The molecule has 17 heavy (non-hydrogen) atoms. The molecular weight excluding hydrogens is 208 g/mol. The van der Waals surface area contributed by atoms with Gasteiger partial charge in [-0.2, -0.15) is 0 Å². The van der Waals surface area contributed by atoms with Crippen molar-refractivity contribution >= 4 is 0 Å². The number of hydrogen-bond acceptors (Lipinski definition) is 2. The molecule has 2 rings (SSSR count). The monoisotopic (exact) mass is 232 g/mol. The molecule has 1 aliphatic carbocycles. The molecule has 1 aliphatic rings. The third-order valence-electron chi connectivity index (χ3n) is 4.02. The predicted molar refractivity (Wildman–Crippen MR) is 72.4 cm³/mol. The first kappa shape index (κ1) is 12.6. The predicted octanol–water partition coefficient (Wildman–Crippen LogP) is 3.03. The Morgan fingerprint density at radius 3 is 2.47 bits per heavy atom. The molecular formula is C15H24N2. The Bertz CT molecular complexity index is 304. The Morgan fingerprint density at radius 1 is 1.12 bits per heavy atom. The van der Waals surface area contributed by atoms with Crippen LogP contribution in [0, 0.1) is 5.92 Å². The summed E-state index contributed by atoms with van der Waals surface area (Å²) < 4.78 is 0. The molecule has 1 saturated carbocycles. The zero-order valence-corrected chi connectivity index (χ0v) is 10.6. The molecule has 0 amide bonds. The lowest BCUT2D eigenvalue weighted by Crippen LogP contribution is -2.41. The molecule has 0 aliphatic heterocycles. The van der Waals surface area contributed by atoms with E-state index < -0.39 is 0 Å². The van der Waals surface area contributed by atoms with Crippen molar-refractivity contribution in [2.45, 2.75) is 51.0 Å². The summed E-state index contributed by atoms with van der Waals surface area (Å²) in [6, 6.07) is 11.2. The van der Waals surface area contributed by atoms with Crippen molar-refractivity contribution in [2.24, 2.45) is 11.8 Å². The fourth-order valence-electron chi connectivity index (χ4n) is 2.96. The Kier molecular flexibility index (Phi) is 5.02. The van der Waals surface area contributed by atoms with Crippen molar-refractivity contribution in [1.29, 1.82) is 0 Å². The van der Waals surface area contributed by atoms with E-state index in [1.165, 1.54) is 37.7 Å². The van der Waals surface area contributed by atoms with Crippen LogP contribution >= 0.6 is 0 Å². The molecule has 1 fully saturated rings. The second-order valence-corrected chi connectivity index (χ2v) is 5.20. The van der Waals surface area contributed by atoms with Gasteiger partial charge >= 0.3 is 0 Å². The van der Waals surface area contributed by atoms with Crippen molar-refractivity contribution in [2.75, 3.05) is 0 Å². The molecule has 1 unspecified atom stereocenters. The van der Waals surface area contributed by atoms with Gasteiger partial charge in [-0.05, 0) is 37.2 Å². The maximum Gasteiger partial charge on any atom is 0.0241 e. The van der Waals surface area contributed by atoms with E-state index >= 15 is 0 Å². The van der Waals surface area contributed by atoms with Crippen molar-refractivity contribution in [1.82, 2.24) is 5.43 Å². The van der Waals surface area contributed by atoms with E-state index in [0.717, 1.165) is 18.8 Å².